The number of aryl methyl sites for hydroxylation is 2. The first kappa shape index (κ1) is 21.3. The molecule has 1 aliphatic rings. The molecule has 29 heavy (non-hydrogen) atoms. The largest absolute Gasteiger partial charge is 0.492 e. The van der Waals surface area contributed by atoms with Crippen LogP contribution in [0.4, 0.5) is 5.69 Å². The molecule has 1 aliphatic heterocycles. The Labute approximate surface area is 175 Å². The topological polar surface area (TPSA) is 84.9 Å². The number of carbonyl (C=O) groups excluding carboxylic acids is 1. The van der Waals surface area contributed by atoms with E-state index in [2.05, 4.69) is 5.32 Å². The van der Waals surface area contributed by atoms with Gasteiger partial charge >= 0.3 is 0 Å². The number of benzene rings is 2. The van der Waals surface area contributed by atoms with Gasteiger partial charge < -0.3 is 14.8 Å². The number of nitrogens with zero attached hydrogens (tertiary/aromatic N) is 1. The van der Waals surface area contributed by atoms with Gasteiger partial charge in [0.1, 0.15) is 18.1 Å². The number of rotatable bonds is 6. The van der Waals surface area contributed by atoms with Crippen LogP contribution in [0.25, 0.3) is 0 Å². The van der Waals surface area contributed by atoms with Crippen LogP contribution >= 0.6 is 11.6 Å². The molecule has 9 heteroatoms. The summed E-state index contributed by atoms with van der Waals surface area (Å²) in [6.45, 7) is 4.16. The van der Waals surface area contributed by atoms with Gasteiger partial charge in [-0.2, -0.15) is 0 Å². The average Bonchev–Trinajstić information content (AvgIpc) is 2.65. The van der Waals surface area contributed by atoms with Crippen molar-refractivity contribution < 1.29 is 22.7 Å². The van der Waals surface area contributed by atoms with Crippen molar-refractivity contribution in [2.75, 3.05) is 30.3 Å². The second-order valence-electron chi connectivity index (χ2n) is 6.92. The van der Waals surface area contributed by atoms with E-state index in [0.717, 1.165) is 17.4 Å². The van der Waals surface area contributed by atoms with E-state index < -0.39 is 22.0 Å². The lowest BCUT2D eigenvalue weighted by molar-refractivity contribution is -0.127. The molecule has 0 saturated carbocycles. The molecule has 0 aromatic heterocycles. The lowest BCUT2D eigenvalue weighted by atomic mass is 10.1. The number of nitrogens with one attached hydrogen (secondary N) is 1. The van der Waals surface area contributed by atoms with Crippen LogP contribution in [0.3, 0.4) is 0 Å². The van der Waals surface area contributed by atoms with Crippen molar-refractivity contribution in [1.29, 1.82) is 0 Å². The Kier molecular flexibility index (Phi) is 6.24. The summed E-state index contributed by atoms with van der Waals surface area (Å²) in [4.78, 5) is 12.5. The third-order valence-corrected chi connectivity index (χ3v) is 6.04. The normalized spacial score (nSPS) is 16.0. The number of sulfonamides is 1. The van der Waals surface area contributed by atoms with Crippen LogP contribution in [0.15, 0.2) is 36.4 Å². The van der Waals surface area contributed by atoms with Gasteiger partial charge in [-0.15, -0.1) is 0 Å². The van der Waals surface area contributed by atoms with E-state index in [0.29, 0.717) is 22.2 Å². The Hall–Kier alpha value is -2.45. The van der Waals surface area contributed by atoms with Crippen LogP contribution in [0, 0.1) is 13.8 Å². The van der Waals surface area contributed by atoms with Gasteiger partial charge in [-0.1, -0.05) is 23.7 Å². The van der Waals surface area contributed by atoms with Crippen molar-refractivity contribution in [1.82, 2.24) is 5.32 Å². The van der Waals surface area contributed by atoms with Crippen LogP contribution in [0.1, 0.15) is 11.1 Å². The maximum Gasteiger partial charge on any atom is 0.263 e. The molecule has 0 saturated heterocycles. The molecule has 3 rings (SSSR count). The van der Waals surface area contributed by atoms with Crippen molar-refractivity contribution in [2.45, 2.75) is 20.0 Å². The standard InChI is InChI=1S/C20H23ClN2O5S/c1-13-4-7-17-18(10-13)28-19(12-23(17)29(3,25)26)20(24)22-8-9-27-15-6-5-14(2)16(21)11-15/h4-7,10-11,19H,8-9,12H2,1-3H3,(H,22,24)/t19-/m1/s1. The van der Waals surface area contributed by atoms with E-state index in [1.54, 1.807) is 30.3 Å². The van der Waals surface area contributed by atoms with Gasteiger partial charge in [0.25, 0.3) is 5.91 Å². The molecule has 0 radical (unpaired) electrons. The van der Waals surface area contributed by atoms with Crippen LogP contribution in [0.5, 0.6) is 11.5 Å². The van der Waals surface area contributed by atoms with Crippen molar-refractivity contribution in [3.8, 4) is 11.5 Å². The van der Waals surface area contributed by atoms with Gasteiger partial charge in [0, 0.05) is 5.02 Å². The minimum atomic E-state index is -3.55. The first-order chi connectivity index (χ1) is 13.6. The zero-order valence-corrected chi connectivity index (χ0v) is 18.0. The molecule has 0 fully saturated rings. The molecular formula is C20H23ClN2O5S. The molecule has 2 aromatic rings. The maximum absolute atomic E-state index is 12.5. The van der Waals surface area contributed by atoms with Crippen molar-refractivity contribution >= 4 is 33.2 Å². The van der Waals surface area contributed by atoms with Gasteiger partial charge in [-0.3, -0.25) is 9.10 Å². The highest BCUT2D eigenvalue weighted by molar-refractivity contribution is 7.92. The maximum atomic E-state index is 12.5. The fourth-order valence-corrected chi connectivity index (χ4v) is 4.02. The van der Waals surface area contributed by atoms with Gasteiger partial charge in [0.05, 0.1) is 25.0 Å². The summed E-state index contributed by atoms with van der Waals surface area (Å²) in [6.07, 6.45) is 0.158. The number of amides is 1. The first-order valence-corrected chi connectivity index (χ1v) is 11.3. The summed E-state index contributed by atoms with van der Waals surface area (Å²) >= 11 is 6.06. The Morgan fingerprint density at radius 2 is 2.03 bits per heavy atom. The summed E-state index contributed by atoms with van der Waals surface area (Å²) in [7, 11) is -3.55. The Morgan fingerprint density at radius 1 is 1.28 bits per heavy atom. The highest BCUT2D eigenvalue weighted by Gasteiger charge is 2.34. The third kappa shape index (κ3) is 5.13. The lowest BCUT2D eigenvalue weighted by Crippen LogP contribution is -2.51. The average molecular weight is 439 g/mol. The predicted octanol–water partition coefficient (Wildman–Crippen LogP) is 2.68. The van der Waals surface area contributed by atoms with E-state index in [1.807, 2.05) is 19.9 Å². The smallest absolute Gasteiger partial charge is 0.263 e. The summed E-state index contributed by atoms with van der Waals surface area (Å²) in [5.41, 5.74) is 2.29. The SMILES string of the molecule is Cc1ccc2c(c1)O[C@@H](C(=O)NCCOc1ccc(C)c(Cl)c1)CN2S(C)(=O)=O. The Morgan fingerprint density at radius 3 is 2.72 bits per heavy atom. The Bertz CT molecular complexity index is 1030. The number of halogens is 1. The number of anilines is 1. The zero-order chi connectivity index (χ0) is 21.2. The second-order valence-corrected chi connectivity index (χ2v) is 9.24. The van der Waals surface area contributed by atoms with Crippen LogP contribution in [-0.2, 0) is 14.8 Å². The highest BCUT2D eigenvalue weighted by Crippen LogP contribution is 2.35. The molecule has 1 N–H and O–H groups in total. The highest BCUT2D eigenvalue weighted by atomic mass is 35.5. The molecule has 1 heterocycles. The second kappa shape index (κ2) is 8.51. The first-order valence-electron chi connectivity index (χ1n) is 9.07. The van der Waals surface area contributed by atoms with Crippen LogP contribution in [0.2, 0.25) is 5.02 Å². The van der Waals surface area contributed by atoms with E-state index in [1.165, 1.54) is 4.31 Å². The van der Waals surface area contributed by atoms with E-state index in [4.69, 9.17) is 21.1 Å². The van der Waals surface area contributed by atoms with Crippen molar-refractivity contribution in [2.24, 2.45) is 0 Å². The zero-order valence-electron chi connectivity index (χ0n) is 16.4. The summed E-state index contributed by atoms with van der Waals surface area (Å²) < 4.78 is 36.9. The molecule has 0 spiro atoms. The van der Waals surface area contributed by atoms with Crippen molar-refractivity contribution in [3.05, 3.63) is 52.5 Å². The van der Waals surface area contributed by atoms with Crippen LogP contribution in [-0.4, -0.2) is 46.4 Å². The van der Waals surface area contributed by atoms with Crippen molar-refractivity contribution in [3.63, 3.8) is 0 Å². The Balaban J connectivity index is 1.61. The van der Waals surface area contributed by atoms with E-state index in [9.17, 15) is 13.2 Å². The number of hydrogen-bond acceptors (Lipinski definition) is 5. The summed E-state index contributed by atoms with van der Waals surface area (Å²) in [6, 6.07) is 10.6. The fraction of sp³-hybridized carbons (Fsp3) is 0.350. The molecule has 0 unspecified atom stereocenters. The fourth-order valence-electron chi connectivity index (χ4n) is 2.93. The number of carbonyl (C=O) groups is 1. The van der Waals surface area contributed by atoms with Gasteiger partial charge in [0.15, 0.2) is 6.10 Å². The number of fused-ring (bicyclic) bond motifs is 1. The third-order valence-electron chi connectivity index (χ3n) is 4.49. The summed E-state index contributed by atoms with van der Waals surface area (Å²) in [5.74, 6) is 0.570. The molecule has 1 amide bonds. The molecule has 2 aromatic carbocycles. The molecule has 156 valence electrons. The molecule has 7 nitrogen and oxygen atoms in total. The molecule has 0 bridgehead atoms. The van der Waals surface area contributed by atoms with Gasteiger partial charge in [0.2, 0.25) is 10.0 Å². The summed E-state index contributed by atoms with van der Waals surface area (Å²) in [5, 5.41) is 3.33. The minimum Gasteiger partial charge on any atom is -0.492 e. The predicted molar refractivity (Wildman–Crippen MR) is 112 cm³/mol. The molecule has 0 aliphatic carbocycles. The monoisotopic (exact) mass is 438 g/mol. The van der Waals surface area contributed by atoms with Crippen LogP contribution < -0.4 is 19.1 Å². The minimum absolute atomic E-state index is 0.0881. The van der Waals surface area contributed by atoms with E-state index >= 15 is 0 Å². The number of ether oxygens (including phenoxy) is 2. The molecule has 1 atom stereocenters. The van der Waals surface area contributed by atoms with Gasteiger partial charge in [-0.05, 0) is 49.2 Å². The van der Waals surface area contributed by atoms with Gasteiger partial charge in [-0.25, -0.2) is 8.42 Å². The number of hydrogen-bond donors (Lipinski definition) is 1. The lowest BCUT2D eigenvalue weighted by Gasteiger charge is -2.34. The molecular weight excluding hydrogens is 416 g/mol. The van der Waals surface area contributed by atoms with E-state index in [-0.39, 0.29) is 19.7 Å². The quantitative estimate of drug-likeness (QED) is 0.701.